The van der Waals surface area contributed by atoms with Crippen LogP contribution in [0.5, 0.6) is 23.1 Å². The highest BCUT2D eigenvalue weighted by Crippen LogP contribution is 2.44. The molecule has 0 aliphatic heterocycles. The molecule has 1 aliphatic carbocycles. The summed E-state index contributed by atoms with van der Waals surface area (Å²) in [4.78, 5) is 13.2. The number of rotatable bonds is 16. The molecule has 0 radical (unpaired) electrons. The van der Waals surface area contributed by atoms with Crippen LogP contribution in [0.25, 0.3) is 0 Å². The van der Waals surface area contributed by atoms with Gasteiger partial charge in [-0.15, -0.1) is 0 Å². The molecular weight excluding hydrogens is 570 g/mol. The Labute approximate surface area is 241 Å². The molecular formula is C27H35N5O7S2. The molecule has 2 aromatic heterocycles. The second-order valence-electron chi connectivity index (χ2n) is 9.51. The van der Waals surface area contributed by atoms with Crippen LogP contribution in [0.4, 0.5) is 5.82 Å². The van der Waals surface area contributed by atoms with Crippen LogP contribution >= 0.6 is 0 Å². The van der Waals surface area contributed by atoms with Crippen LogP contribution in [0.2, 0.25) is 0 Å². The number of anilines is 1. The lowest BCUT2D eigenvalue weighted by molar-refractivity contribution is 0.290. The van der Waals surface area contributed by atoms with Crippen LogP contribution < -0.4 is 23.7 Å². The van der Waals surface area contributed by atoms with Gasteiger partial charge in [-0.25, -0.2) is 23.1 Å². The van der Waals surface area contributed by atoms with Crippen molar-refractivity contribution in [3.63, 3.8) is 0 Å². The number of pyridine rings is 1. The number of nitrogens with one attached hydrogen (secondary N) is 2. The average Bonchev–Trinajstić information content (AvgIpc) is 3.79. The maximum absolute atomic E-state index is 13.4. The van der Waals surface area contributed by atoms with Crippen molar-refractivity contribution in [2.45, 2.75) is 56.9 Å². The van der Waals surface area contributed by atoms with Crippen LogP contribution in [-0.4, -0.2) is 57.8 Å². The quantitative estimate of drug-likeness (QED) is 0.229. The largest absolute Gasteiger partial charge is 0.493 e. The van der Waals surface area contributed by atoms with E-state index in [1.165, 1.54) is 19.4 Å². The van der Waals surface area contributed by atoms with E-state index in [1.54, 1.807) is 37.3 Å². The summed E-state index contributed by atoms with van der Waals surface area (Å²) in [6, 6.07) is 9.98. The van der Waals surface area contributed by atoms with E-state index in [0.717, 1.165) is 31.2 Å². The number of methoxy groups -OCH3 is 1. The lowest BCUT2D eigenvalue weighted by Gasteiger charge is -2.18. The predicted molar refractivity (Wildman–Crippen MR) is 154 cm³/mol. The number of aromatic nitrogens is 3. The molecule has 1 aromatic carbocycles. The molecule has 2 heterocycles. The summed E-state index contributed by atoms with van der Waals surface area (Å²) in [7, 11) is -6.14. The van der Waals surface area contributed by atoms with Crippen LogP contribution in [0.15, 0.2) is 47.6 Å². The van der Waals surface area contributed by atoms with Gasteiger partial charge in [-0.2, -0.15) is 13.4 Å². The molecule has 0 amide bonds. The summed E-state index contributed by atoms with van der Waals surface area (Å²) in [5, 5.41) is -0.181. The maximum Gasteiger partial charge on any atom is 0.280 e. The third kappa shape index (κ3) is 8.27. The molecule has 0 unspecified atom stereocenters. The molecule has 0 saturated heterocycles. The molecule has 2 N–H and O–H groups in total. The lowest BCUT2D eigenvalue weighted by atomic mass is 10.2. The number of nitrogens with zero attached hydrogens (tertiary/aromatic N) is 3. The van der Waals surface area contributed by atoms with Crippen molar-refractivity contribution in [2.75, 3.05) is 30.7 Å². The standard InChI is InChI=1S/C27H35N5O7S2/c1-4-8-19-11-14-23(28-18-19)41(35,36)32-26-24(39-22-10-7-6-9-21(22)37-3)27(31-25(30-26)20-12-13-20)38-16-15-29-40(33,34)17-5-2/h6-7,9-11,14,18,20,29H,4-5,8,12-13,15-17H2,1-3H3,(H,30,31,32). The van der Waals surface area contributed by atoms with E-state index in [4.69, 9.17) is 14.2 Å². The van der Waals surface area contributed by atoms with Crippen LogP contribution in [0.1, 0.15) is 56.8 Å². The summed E-state index contributed by atoms with van der Waals surface area (Å²) >= 11 is 0. The zero-order valence-electron chi connectivity index (χ0n) is 23.3. The third-order valence-electron chi connectivity index (χ3n) is 6.05. The predicted octanol–water partition coefficient (Wildman–Crippen LogP) is 4.01. The highest BCUT2D eigenvalue weighted by molar-refractivity contribution is 7.92. The Balaban J connectivity index is 1.70. The van der Waals surface area contributed by atoms with E-state index in [9.17, 15) is 16.8 Å². The summed E-state index contributed by atoms with van der Waals surface area (Å²) in [5.41, 5.74) is 0.926. The van der Waals surface area contributed by atoms with E-state index < -0.39 is 20.0 Å². The first kappa shape index (κ1) is 30.5. The monoisotopic (exact) mass is 605 g/mol. The molecule has 41 heavy (non-hydrogen) atoms. The Kier molecular flexibility index (Phi) is 9.99. The van der Waals surface area contributed by atoms with Crippen molar-refractivity contribution in [1.82, 2.24) is 19.7 Å². The highest BCUT2D eigenvalue weighted by Gasteiger charge is 2.32. The van der Waals surface area contributed by atoms with Crippen molar-refractivity contribution >= 4 is 25.9 Å². The summed E-state index contributed by atoms with van der Waals surface area (Å²) in [6.45, 7) is 3.70. The minimum Gasteiger partial charge on any atom is -0.493 e. The van der Waals surface area contributed by atoms with Gasteiger partial charge in [0.25, 0.3) is 15.9 Å². The van der Waals surface area contributed by atoms with Crippen LogP contribution in [0.3, 0.4) is 0 Å². The molecule has 12 nitrogen and oxygen atoms in total. The molecule has 0 atom stereocenters. The topological polar surface area (TPSA) is 159 Å². The fraction of sp³-hybridized carbons (Fsp3) is 0.444. The van der Waals surface area contributed by atoms with E-state index in [2.05, 4.69) is 24.4 Å². The average molecular weight is 606 g/mol. The van der Waals surface area contributed by atoms with Gasteiger partial charge in [0.15, 0.2) is 22.3 Å². The van der Waals surface area contributed by atoms with Gasteiger partial charge in [0.05, 0.1) is 12.9 Å². The second kappa shape index (κ2) is 13.4. The Hall–Kier alpha value is -3.49. The Morgan fingerprint density at radius 2 is 1.73 bits per heavy atom. The van der Waals surface area contributed by atoms with Gasteiger partial charge in [0.2, 0.25) is 15.8 Å². The number of sulfonamides is 2. The van der Waals surface area contributed by atoms with Gasteiger partial charge in [-0.1, -0.05) is 38.5 Å². The van der Waals surface area contributed by atoms with E-state index in [-0.39, 0.29) is 53.0 Å². The molecule has 1 fully saturated rings. The van der Waals surface area contributed by atoms with Crippen LogP contribution in [-0.2, 0) is 26.5 Å². The van der Waals surface area contributed by atoms with Gasteiger partial charge in [-0.3, -0.25) is 4.72 Å². The number of para-hydroxylation sites is 2. The van der Waals surface area contributed by atoms with Crippen molar-refractivity contribution in [1.29, 1.82) is 0 Å². The first-order valence-corrected chi connectivity index (χ1v) is 16.6. The fourth-order valence-electron chi connectivity index (χ4n) is 3.91. The van der Waals surface area contributed by atoms with E-state index in [0.29, 0.717) is 18.0 Å². The Morgan fingerprint density at radius 3 is 2.37 bits per heavy atom. The van der Waals surface area contributed by atoms with Gasteiger partial charge in [0, 0.05) is 18.7 Å². The van der Waals surface area contributed by atoms with Crippen molar-refractivity contribution in [3.05, 3.63) is 54.0 Å². The molecule has 1 aliphatic rings. The molecule has 222 valence electrons. The number of hydrogen-bond donors (Lipinski definition) is 2. The number of benzene rings is 1. The Bertz CT molecular complexity index is 1540. The zero-order chi connectivity index (χ0) is 29.5. The van der Waals surface area contributed by atoms with Gasteiger partial charge < -0.3 is 14.2 Å². The summed E-state index contributed by atoms with van der Waals surface area (Å²) in [5.74, 6) is 0.821. The van der Waals surface area contributed by atoms with Gasteiger partial charge in [0.1, 0.15) is 12.4 Å². The number of hydrogen-bond acceptors (Lipinski definition) is 10. The first-order valence-electron chi connectivity index (χ1n) is 13.5. The molecule has 0 spiro atoms. The minimum absolute atomic E-state index is 0.00607. The van der Waals surface area contributed by atoms with Crippen molar-refractivity contribution in [3.8, 4) is 23.1 Å². The van der Waals surface area contributed by atoms with Gasteiger partial charge in [-0.05, 0) is 49.4 Å². The number of ether oxygens (including phenoxy) is 3. The first-order chi connectivity index (χ1) is 19.7. The molecule has 3 aromatic rings. The van der Waals surface area contributed by atoms with E-state index in [1.807, 2.05) is 6.92 Å². The van der Waals surface area contributed by atoms with E-state index >= 15 is 0 Å². The zero-order valence-corrected chi connectivity index (χ0v) is 24.9. The number of aryl methyl sites for hydroxylation is 1. The summed E-state index contributed by atoms with van der Waals surface area (Å²) in [6.07, 6.45) is 5.38. The molecule has 0 bridgehead atoms. The summed E-state index contributed by atoms with van der Waals surface area (Å²) < 4.78 is 73.3. The highest BCUT2D eigenvalue weighted by atomic mass is 32.2. The second-order valence-corrected chi connectivity index (χ2v) is 13.1. The minimum atomic E-state index is -4.18. The van der Waals surface area contributed by atoms with Crippen molar-refractivity contribution in [2.24, 2.45) is 0 Å². The van der Waals surface area contributed by atoms with Gasteiger partial charge >= 0.3 is 0 Å². The van der Waals surface area contributed by atoms with Crippen molar-refractivity contribution < 1.29 is 31.0 Å². The smallest absolute Gasteiger partial charge is 0.280 e. The third-order valence-corrected chi connectivity index (χ3v) is 8.90. The lowest BCUT2D eigenvalue weighted by Crippen LogP contribution is -2.30. The fourth-order valence-corrected chi connectivity index (χ4v) is 5.93. The molecule has 14 heteroatoms. The SMILES string of the molecule is CCCc1ccc(S(=O)(=O)Nc2nc(C3CC3)nc(OCCNS(=O)(=O)CCC)c2Oc2ccccc2OC)nc1. The normalized spacial score (nSPS) is 13.5. The Morgan fingerprint density at radius 1 is 0.976 bits per heavy atom. The molecule has 4 rings (SSSR count). The van der Waals surface area contributed by atoms with Crippen LogP contribution in [0, 0.1) is 0 Å². The maximum atomic E-state index is 13.4. The molecule has 1 saturated carbocycles.